The van der Waals surface area contributed by atoms with Crippen LogP contribution >= 0.6 is 0 Å². The molecule has 8 nitrogen and oxygen atoms in total. The number of rotatable bonds is 6. The Morgan fingerprint density at radius 1 is 1.10 bits per heavy atom. The molecule has 4 aromatic rings. The fourth-order valence-corrected chi connectivity index (χ4v) is 6.19. The summed E-state index contributed by atoms with van der Waals surface area (Å²) in [6.07, 6.45) is 2.09. The number of anilines is 1. The van der Waals surface area contributed by atoms with Crippen LogP contribution in [0.2, 0.25) is 0 Å². The molecule has 0 saturated carbocycles. The number of carbonyl (C=O) groups excluding carboxylic acids is 1. The van der Waals surface area contributed by atoms with Gasteiger partial charge in [-0.05, 0) is 66.8 Å². The van der Waals surface area contributed by atoms with Gasteiger partial charge in [-0.1, -0.05) is 12.1 Å². The first-order valence-corrected chi connectivity index (χ1v) is 13.0. The van der Waals surface area contributed by atoms with Gasteiger partial charge in [0, 0.05) is 37.1 Å². The molecule has 0 atom stereocenters. The van der Waals surface area contributed by atoms with Crippen molar-refractivity contribution in [2.24, 2.45) is 0 Å². The number of alkyl halides is 2. The molecule has 1 spiro atoms. The van der Waals surface area contributed by atoms with Crippen molar-refractivity contribution in [3.8, 4) is 11.4 Å². The number of ether oxygens (including phenoxy) is 1. The number of aryl methyl sites for hydroxylation is 1. The van der Waals surface area contributed by atoms with E-state index in [0.29, 0.717) is 49.5 Å². The second kappa shape index (κ2) is 9.60. The van der Waals surface area contributed by atoms with E-state index in [1.807, 2.05) is 59.0 Å². The van der Waals surface area contributed by atoms with Crippen LogP contribution in [0.1, 0.15) is 39.9 Å². The smallest absolute Gasteiger partial charge is 0.255 e. The van der Waals surface area contributed by atoms with E-state index in [9.17, 15) is 13.6 Å². The number of nitrogen functional groups attached to an aromatic ring is 1. The third-order valence-electron chi connectivity index (χ3n) is 8.17. The summed E-state index contributed by atoms with van der Waals surface area (Å²) >= 11 is 0. The number of hydrogen-bond donors (Lipinski definition) is 1. The summed E-state index contributed by atoms with van der Waals surface area (Å²) in [4.78, 5) is 26.3. The Hall–Kier alpha value is -4.05. The fraction of sp³-hybridized carbons (Fsp3) is 0.345. The molecule has 1 saturated heterocycles. The standard InChI is InChI=1S/C29H30F2N6O2/c1-18-13-20(36-10-7-22-26(32)33-17-34-27(22)36)14-23-25(18)28(38)37(15-19-3-5-21(39-2)6-4-19)29(23)8-11-35(12-9-29)16-24(30)31/h3-7,10,13-14,17,24H,8-9,11-12,15-16H2,1-2H3,(H2,32,33,34). The number of nitrogens with zero attached hydrogens (tertiary/aromatic N) is 5. The van der Waals surface area contributed by atoms with Crippen molar-refractivity contribution < 1.29 is 18.3 Å². The van der Waals surface area contributed by atoms with Gasteiger partial charge in [-0.15, -0.1) is 0 Å². The quantitative estimate of drug-likeness (QED) is 0.393. The van der Waals surface area contributed by atoms with Gasteiger partial charge in [0.25, 0.3) is 12.3 Å². The molecule has 2 N–H and O–H groups in total. The first kappa shape index (κ1) is 25.2. The fourth-order valence-electron chi connectivity index (χ4n) is 6.19. The molecule has 2 aromatic carbocycles. The molecule has 39 heavy (non-hydrogen) atoms. The lowest BCUT2D eigenvalue weighted by molar-refractivity contribution is 0.00785. The Labute approximate surface area is 225 Å². The van der Waals surface area contributed by atoms with Gasteiger partial charge in [-0.25, -0.2) is 18.7 Å². The minimum atomic E-state index is -2.39. The summed E-state index contributed by atoms with van der Waals surface area (Å²) in [5.74, 6) is 1.12. The van der Waals surface area contributed by atoms with E-state index in [1.165, 1.54) is 6.33 Å². The molecule has 4 heterocycles. The van der Waals surface area contributed by atoms with Crippen LogP contribution in [-0.4, -0.2) is 63.4 Å². The Balaban J connectivity index is 1.45. The number of likely N-dealkylation sites (tertiary alicyclic amines) is 1. The Bertz CT molecular complexity index is 1540. The maximum atomic E-state index is 14.1. The van der Waals surface area contributed by atoms with Crippen LogP contribution in [0.5, 0.6) is 5.75 Å². The van der Waals surface area contributed by atoms with E-state index in [2.05, 4.69) is 16.0 Å². The molecular weight excluding hydrogens is 502 g/mol. The highest BCUT2D eigenvalue weighted by Crippen LogP contribution is 2.49. The Morgan fingerprint density at radius 2 is 1.85 bits per heavy atom. The average molecular weight is 533 g/mol. The topological polar surface area (TPSA) is 89.5 Å². The number of fused-ring (bicyclic) bond motifs is 3. The molecule has 6 rings (SSSR count). The van der Waals surface area contributed by atoms with E-state index in [0.717, 1.165) is 33.5 Å². The van der Waals surface area contributed by atoms with Crippen molar-refractivity contribution in [2.75, 3.05) is 32.5 Å². The molecule has 1 fully saturated rings. The van der Waals surface area contributed by atoms with Gasteiger partial charge in [0.05, 0.1) is 24.6 Å². The van der Waals surface area contributed by atoms with Crippen LogP contribution in [0.15, 0.2) is 55.0 Å². The van der Waals surface area contributed by atoms with Gasteiger partial charge in [0.2, 0.25) is 0 Å². The van der Waals surface area contributed by atoms with E-state index in [4.69, 9.17) is 10.5 Å². The Kier molecular flexibility index (Phi) is 6.22. The van der Waals surface area contributed by atoms with E-state index in [1.54, 1.807) is 12.0 Å². The van der Waals surface area contributed by atoms with Crippen LogP contribution in [0.4, 0.5) is 14.6 Å². The highest BCUT2D eigenvalue weighted by atomic mass is 19.3. The lowest BCUT2D eigenvalue weighted by Gasteiger charge is -2.45. The van der Waals surface area contributed by atoms with Crippen LogP contribution < -0.4 is 10.5 Å². The number of halogens is 2. The monoisotopic (exact) mass is 532 g/mol. The molecular formula is C29H30F2N6O2. The minimum absolute atomic E-state index is 0.0314. The van der Waals surface area contributed by atoms with Crippen LogP contribution in [0.3, 0.4) is 0 Å². The lowest BCUT2D eigenvalue weighted by Crippen LogP contribution is -2.51. The molecule has 10 heteroatoms. The van der Waals surface area contributed by atoms with Crippen LogP contribution in [-0.2, 0) is 12.1 Å². The lowest BCUT2D eigenvalue weighted by atomic mass is 9.79. The normalized spacial score (nSPS) is 16.9. The maximum Gasteiger partial charge on any atom is 0.255 e. The number of amides is 1. The van der Waals surface area contributed by atoms with Crippen LogP contribution in [0, 0.1) is 6.92 Å². The molecule has 202 valence electrons. The highest BCUT2D eigenvalue weighted by molar-refractivity contribution is 6.02. The largest absolute Gasteiger partial charge is 0.497 e. The van der Waals surface area contributed by atoms with Gasteiger partial charge in [0.1, 0.15) is 23.5 Å². The van der Waals surface area contributed by atoms with Crippen molar-refractivity contribution in [1.82, 2.24) is 24.3 Å². The number of carbonyl (C=O) groups is 1. The second-order valence-electron chi connectivity index (χ2n) is 10.3. The molecule has 0 radical (unpaired) electrons. The summed E-state index contributed by atoms with van der Waals surface area (Å²) in [5.41, 5.74) is 10.5. The summed E-state index contributed by atoms with van der Waals surface area (Å²) in [6, 6.07) is 13.6. The summed E-state index contributed by atoms with van der Waals surface area (Å²) in [6.45, 7) is 3.07. The van der Waals surface area contributed by atoms with Crippen molar-refractivity contribution in [1.29, 1.82) is 0 Å². The first-order chi connectivity index (χ1) is 18.8. The minimum Gasteiger partial charge on any atom is -0.497 e. The van der Waals surface area contributed by atoms with Gasteiger partial charge < -0.3 is 19.9 Å². The number of benzene rings is 2. The van der Waals surface area contributed by atoms with Crippen molar-refractivity contribution in [3.05, 3.63) is 77.2 Å². The maximum absolute atomic E-state index is 14.1. The second-order valence-corrected chi connectivity index (χ2v) is 10.3. The predicted octanol–water partition coefficient (Wildman–Crippen LogP) is 4.53. The Morgan fingerprint density at radius 3 is 2.54 bits per heavy atom. The molecule has 0 aliphatic carbocycles. The third-order valence-corrected chi connectivity index (χ3v) is 8.17. The number of nitrogens with two attached hydrogens (primary N) is 1. The molecule has 2 aliphatic heterocycles. The zero-order valence-corrected chi connectivity index (χ0v) is 21.9. The summed E-state index contributed by atoms with van der Waals surface area (Å²) in [5, 5.41) is 0.753. The number of hydrogen-bond acceptors (Lipinski definition) is 6. The zero-order chi connectivity index (χ0) is 27.3. The van der Waals surface area contributed by atoms with E-state index < -0.39 is 12.0 Å². The molecule has 0 unspecified atom stereocenters. The van der Waals surface area contributed by atoms with Gasteiger partial charge in [0.15, 0.2) is 0 Å². The number of piperidine rings is 1. The van der Waals surface area contributed by atoms with Crippen molar-refractivity contribution in [3.63, 3.8) is 0 Å². The zero-order valence-electron chi connectivity index (χ0n) is 21.9. The highest BCUT2D eigenvalue weighted by Gasteiger charge is 2.51. The van der Waals surface area contributed by atoms with Gasteiger partial charge in [-0.2, -0.15) is 0 Å². The third kappa shape index (κ3) is 4.19. The van der Waals surface area contributed by atoms with Gasteiger partial charge in [-0.3, -0.25) is 9.69 Å². The molecule has 0 bridgehead atoms. The summed E-state index contributed by atoms with van der Waals surface area (Å²) < 4.78 is 33.6. The molecule has 2 aliphatic rings. The molecule has 2 aromatic heterocycles. The summed E-state index contributed by atoms with van der Waals surface area (Å²) in [7, 11) is 1.62. The van der Waals surface area contributed by atoms with Crippen molar-refractivity contribution in [2.45, 2.75) is 38.3 Å². The van der Waals surface area contributed by atoms with Crippen molar-refractivity contribution >= 4 is 22.8 Å². The first-order valence-electron chi connectivity index (χ1n) is 13.0. The molecule has 1 amide bonds. The number of aromatic nitrogens is 3. The number of methoxy groups -OCH3 is 1. The average Bonchev–Trinajstić information content (AvgIpc) is 3.45. The van der Waals surface area contributed by atoms with E-state index >= 15 is 0 Å². The van der Waals surface area contributed by atoms with Crippen LogP contribution in [0.25, 0.3) is 16.7 Å². The SMILES string of the molecule is COc1ccc(CN2C(=O)c3c(C)cc(-n4ccc5c(N)ncnc54)cc3C23CCN(CC(F)F)CC3)cc1. The van der Waals surface area contributed by atoms with Gasteiger partial charge >= 0.3 is 0 Å². The van der Waals surface area contributed by atoms with E-state index in [-0.39, 0.29) is 12.5 Å². The predicted molar refractivity (Wildman–Crippen MR) is 144 cm³/mol.